The van der Waals surface area contributed by atoms with Gasteiger partial charge in [-0.05, 0) is 29.0 Å². The summed E-state index contributed by atoms with van der Waals surface area (Å²) in [6, 6.07) is 32.2. The number of aromatic nitrogens is 2. The monoisotopic (exact) mass is 460 g/mol. The summed E-state index contributed by atoms with van der Waals surface area (Å²) < 4.78 is 3.73. The largest absolute Gasteiger partial charge is 0.275 e. The minimum atomic E-state index is -0.0317. The Labute approximate surface area is 202 Å². The minimum absolute atomic E-state index is 0.0293. The summed E-state index contributed by atoms with van der Waals surface area (Å²) in [7, 11) is 0. The summed E-state index contributed by atoms with van der Waals surface area (Å²) in [4.78, 5) is 27.9. The zero-order valence-corrected chi connectivity index (χ0v) is 18.9. The van der Waals surface area contributed by atoms with Gasteiger partial charge in [-0.1, -0.05) is 78.9 Å². The highest BCUT2D eigenvalue weighted by molar-refractivity contribution is 6.31. The summed E-state index contributed by atoms with van der Waals surface area (Å²) in [5, 5.41) is 9.42. The molecule has 0 aliphatic carbocycles. The molecule has 0 unspecified atom stereocenters. The second-order valence-electron chi connectivity index (χ2n) is 9.63. The van der Waals surface area contributed by atoms with Gasteiger partial charge in [0, 0.05) is 43.1 Å². The van der Waals surface area contributed by atoms with Crippen molar-refractivity contribution in [2.45, 2.75) is 0 Å². The molecule has 0 atom stereocenters. The van der Waals surface area contributed by atoms with Crippen molar-refractivity contribution in [3.05, 3.63) is 118 Å². The number of nitrogens with zero attached hydrogens (tertiary/aromatic N) is 2. The zero-order chi connectivity index (χ0) is 23.7. The van der Waals surface area contributed by atoms with Crippen LogP contribution >= 0.6 is 0 Å². The molecule has 166 valence electrons. The highest BCUT2D eigenvalue weighted by Gasteiger charge is 2.23. The van der Waals surface area contributed by atoms with Gasteiger partial charge in [-0.3, -0.25) is 18.4 Å². The first-order chi connectivity index (χ1) is 17.7. The highest BCUT2D eigenvalue weighted by Crippen LogP contribution is 2.41. The highest BCUT2D eigenvalue weighted by atomic mass is 16.1. The number of benzene rings is 5. The van der Waals surface area contributed by atoms with Gasteiger partial charge < -0.3 is 0 Å². The van der Waals surface area contributed by atoms with Crippen LogP contribution in [-0.4, -0.2) is 8.80 Å². The van der Waals surface area contributed by atoms with Crippen LogP contribution in [0.15, 0.2) is 107 Å². The van der Waals surface area contributed by atoms with Gasteiger partial charge in [-0.15, -0.1) is 0 Å². The van der Waals surface area contributed by atoms with E-state index in [0.29, 0.717) is 10.8 Å². The Balaban J connectivity index is 1.70. The van der Waals surface area contributed by atoms with Gasteiger partial charge >= 0.3 is 0 Å². The van der Waals surface area contributed by atoms with Gasteiger partial charge in [0.2, 0.25) is 0 Å². The van der Waals surface area contributed by atoms with E-state index < -0.39 is 0 Å². The number of fused-ring (bicyclic) bond motifs is 11. The molecule has 0 radical (unpaired) electrons. The lowest BCUT2D eigenvalue weighted by Gasteiger charge is -2.06. The van der Waals surface area contributed by atoms with E-state index in [2.05, 4.69) is 36.4 Å². The van der Waals surface area contributed by atoms with Crippen molar-refractivity contribution in [1.29, 1.82) is 0 Å². The van der Waals surface area contributed by atoms with Crippen LogP contribution in [0, 0.1) is 0 Å². The van der Waals surface area contributed by atoms with E-state index in [4.69, 9.17) is 0 Å². The van der Waals surface area contributed by atoms with Crippen molar-refractivity contribution < 1.29 is 0 Å². The second kappa shape index (κ2) is 5.99. The van der Waals surface area contributed by atoms with Crippen LogP contribution in [0.2, 0.25) is 0 Å². The summed E-state index contributed by atoms with van der Waals surface area (Å²) in [5.41, 5.74) is 3.48. The molecule has 9 aromatic rings. The number of para-hydroxylation sites is 2. The maximum Gasteiger partial charge on any atom is 0.263 e. The van der Waals surface area contributed by atoms with Gasteiger partial charge in [-0.25, -0.2) is 0 Å². The van der Waals surface area contributed by atoms with Gasteiger partial charge in [0.15, 0.2) is 0 Å². The van der Waals surface area contributed by atoms with Gasteiger partial charge in [0.1, 0.15) is 0 Å². The third-order valence-corrected chi connectivity index (χ3v) is 8.00. The first kappa shape index (κ1) is 18.4. The molecule has 0 aliphatic heterocycles. The summed E-state index contributed by atoms with van der Waals surface area (Å²) in [6.45, 7) is 0. The number of hydrogen-bond donors (Lipinski definition) is 0. The second-order valence-corrected chi connectivity index (χ2v) is 9.63. The lowest BCUT2D eigenvalue weighted by Crippen LogP contribution is -2.13. The number of hydrogen-bond acceptors (Lipinski definition) is 2. The Kier molecular flexibility index (Phi) is 3.06. The van der Waals surface area contributed by atoms with Crippen molar-refractivity contribution in [3.8, 4) is 0 Å². The molecule has 9 rings (SSSR count). The number of pyridine rings is 2. The molecule has 0 amide bonds. The fraction of sp³-hybridized carbons (Fsp3) is 0. The molecule has 36 heavy (non-hydrogen) atoms. The summed E-state index contributed by atoms with van der Waals surface area (Å²) >= 11 is 0. The standard InChI is InChI=1S/C32H16N2O2/c35-31-23-9-3-1-8-18(23)20-12-6-14-25-27-26(33(31)29(20)25)16-15-22-21-13-5-11-19-17-7-2-4-10-24(17)32(36)34(28(19)21)30(22)27/h1-16H. The molecule has 0 saturated heterocycles. The van der Waals surface area contributed by atoms with E-state index in [9.17, 15) is 9.59 Å². The average molecular weight is 460 g/mol. The molecule has 4 heteroatoms. The van der Waals surface area contributed by atoms with E-state index in [1.165, 1.54) is 0 Å². The maximum atomic E-state index is 14.0. The summed E-state index contributed by atoms with van der Waals surface area (Å²) in [5.74, 6) is 0. The third-order valence-electron chi connectivity index (χ3n) is 8.00. The Morgan fingerprint density at radius 3 is 1.44 bits per heavy atom. The Morgan fingerprint density at radius 2 is 0.806 bits per heavy atom. The molecule has 4 aromatic heterocycles. The molecular weight excluding hydrogens is 444 g/mol. The van der Waals surface area contributed by atoms with Crippen LogP contribution in [0.5, 0.6) is 0 Å². The van der Waals surface area contributed by atoms with Crippen molar-refractivity contribution >= 4 is 75.9 Å². The van der Waals surface area contributed by atoms with Crippen molar-refractivity contribution in [1.82, 2.24) is 8.80 Å². The Morgan fingerprint density at radius 1 is 0.361 bits per heavy atom. The maximum absolute atomic E-state index is 14.0. The molecule has 0 bridgehead atoms. The lowest BCUT2D eigenvalue weighted by molar-refractivity contribution is 1.20. The molecule has 0 saturated carbocycles. The average Bonchev–Trinajstić information content (AvgIpc) is 3.45. The molecule has 0 aliphatic rings. The van der Waals surface area contributed by atoms with Gasteiger partial charge in [0.25, 0.3) is 11.1 Å². The van der Waals surface area contributed by atoms with Crippen molar-refractivity contribution in [2.75, 3.05) is 0 Å². The minimum Gasteiger partial charge on any atom is -0.275 e. The van der Waals surface area contributed by atoms with E-state index in [1.54, 1.807) is 0 Å². The zero-order valence-electron chi connectivity index (χ0n) is 18.9. The predicted molar refractivity (Wildman–Crippen MR) is 148 cm³/mol. The lowest BCUT2D eigenvalue weighted by atomic mass is 10.0. The third kappa shape index (κ3) is 1.89. The SMILES string of the molecule is O=c1c2ccccc2c2cccc3c4c(ccc5c6cccc7c8ccccc8c(=O)n(c76)c54)n1c23. The molecule has 0 N–H and O–H groups in total. The van der Waals surface area contributed by atoms with Crippen LogP contribution in [0.25, 0.3) is 75.9 Å². The number of rotatable bonds is 0. The van der Waals surface area contributed by atoms with Crippen LogP contribution in [0.1, 0.15) is 0 Å². The topological polar surface area (TPSA) is 43.0 Å². The van der Waals surface area contributed by atoms with Gasteiger partial charge in [-0.2, -0.15) is 0 Å². The smallest absolute Gasteiger partial charge is 0.263 e. The van der Waals surface area contributed by atoms with Crippen LogP contribution in [0.4, 0.5) is 0 Å². The van der Waals surface area contributed by atoms with Crippen molar-refractivity contribution in [3.63, 3.8) is 0 Å². The molecule has 4 heterocycles. The first-order valence-corrected chi connectivity index (χ1v) is 12.1. The van der Waals surface area contributed by atoms with E-state index in [-0.39, 0.29) is 11.1 Å². The van der Waals surface area contributed by atoms with E-state index in [0.717, 1.165) is 65.2 Å². The van der Waals surface area contributed by atoms with Crippen LogP contribution in [-0.2, 0) is 0 Å². The van der Waals surface area contributed by atoms with Crippen LogP contribution in [0.3, 0.4) is 0 Å². The summed E-state index contributed by atoms with van der Waals surface area (Å²) in [6.07, 6.45) is 0. The normalized spacial score (nSPS) is 12.7. The quantitative estimate of drug-likeness (QED) is 0.236. The molecule has 4 nitrogen and oxygen atoms in total. The van der Waals surface area contributed by atoms with Crippen molar-refractivity contribution in [2.24, 2.45) is 0 Å². The Hall–Kier alpha value is -4.96. The van der Waals surface area contributed by atoms with Gasteiger partial charge in [0.05, 0.1) is 22.1 Å². The fourth-order valence-electron chi connectivity index (χ4n) is 6.60. The molecule has 0 spiro atoms. The molecule has 0 fully saturated rings. The first-order valence-electron chi connectivity index (χ1n) is 12.1. The molecule has 5 aromatic carbocycles. The van der Waals surface area contributed by atoms with Crippen LogP contribution < -0.4 is 11.1 Å². The van der Waals surface area contributed by atoms with E-state index in [1.807, 2.05) is 69.5 Å². The van der Waals surface area contributed by atoms with E-state index >= 15 is 0 Å². The molecular formula is C32H16N2O2. The fourth-order valence-corrected chi connectivity index (χ4v) is 6.60. The Bertz CT molecular complexity index is 2520. The predicted octanol–water partition coefficient (Wildman–Crippen LogP) is 6.71.